The van der Waals surface area contributed by atoms with Gasteiger partial charge in [-0.05, 0) is 12.8 Å². The summed E-state index contributed by atoms with van der Waals surface area (Å²) in [5.41, 5.74) is 0.942. The van der Waals surface area contributed by atoms with Crippen molar-refractivity contribution >= 4 is 0 Å². The molecule has 0 spiro atoms. The third-order valence-corrected chi connectivity index (χ3v) is 3.52. The highest BCUT2D eigenvalue weighted by Gasteiger charge is 2.29. The summed E-state index contributed by atoms with van der Waals surface area (Å²) in [7, 11) is 0. The van der Waals surface area contributed by atoms with E-state index in [1.807, 2.05) is 30.3 Å². The number of aliphatic hydroxyl groups is 1. The van der Waals surface area contributed by atoms with E-state index >= 15 is 0 Å². The predicted molar refractivity (Wildman–Crippen MR) is 66.9 cm³/mol. The van der Waals surface area contributed by atoms with Crippen molar-refractivity contribution in [2.75, 3.05) is 0 Å². The van der Waals surface area contributed by atoms with E-state index in [0.29, 0.717) is 11.7 Å². The Hall–Kier alpha value is -1.68. The van der Waals surface area contributed by atoms with Crippen molar-refractivity contribution in [1.29, 1.82) is 0 Å². The average Bonchev–Trinajstić information content (AvgIpc) is 2.90. The van der Waals surface area contributed by atoms with Gasteiger partial charge in [-0.25, -0.2) is 0 Å². The van der Waals surface area contributed by atoms with E-state index in [1.165, 1.54) is 0 Å². The van der Waals surface area contributed by atoms with Gasteiger partial charge in [0.2, 0.25) is 11.7 Å². The first-order chi connectivity index (χ1) is 8.84. The molecule has 1 fully saturated rings. The molecule has 0 saturated heterocycles. The molecule has 1 heterocycles. The smallest absolute Gasteiger partial charge is 0.232 e. The molecule has 1 saturated carbocycles. The molecule has 3 rings (SSSR count). The zero-order valence-electron chi connectivity index (χ0n) is 10.1. The Morgan fingerprint density at radius 3 is 2.67 bits per heavy atom. The summed E-state index contributed by atoms with van der Waals surface area (Å²) >= 11 is 0. The molecule has 1 N–H and O–H groups in total. The maximum Gasteiger partial charge on any atom is 0.232 e. The molecule has 0 radical (unpaired) electrons. The number of aliphatic hydroxyl groups excluding tert-OH is 1. The van der Waals surface area contributed by atoms with Crippen LogP contribution in [0.3, 0.4) is 0 Å². The van der Waals surface area contributed by atoms with Gasteiger partial charge in [-0.1, -0.05) is 48.3 Å². The molecule has 0 amide bonds. The predicted octanol–water partition coefficient (Wildman–Crippen LogP) is 2.76. The highest BCUT2D eigenvalue weighted by Crippen LogP contribution is 2.32. The van der Waals surface area contributed by atoms with E-state index in [4.69, 9.17) is 4.52 Å². The number of benzene rings is 1. The molecule has 1 aromatic carbocycles. The lowest BCUT2D eigenvalue weighted by atomic mass is 9.86. The van der Waals surface area contributed by atoms with Gasteiger partial charge in [-0.15, -0.1) is 0 Å². The summed E-state index contributed by atoms with van der Waals surface area (Å²) in [5, 5.41) is 14.0. The van der Waals surface area contributed by atoms with E-state index < -0.39 is 0 Å². The Morgan fingerprint density at radius 2 is 1.89 bits per heavy atom. The number of aromatic nitrogens is 2. The zero-order valence-corrected chi connectivity index (χ0v) is 10.1. The quantitative estimate of drug-likeness (QED) is 0.882. The zero-order chi connectivity index (χ0) is 12.4. The van der Waals surface area contributed by atoms with E-state index in [1.54, 1.807) is 0 Å². The summed E-state index contributed by atoms with van der Waals surface area (Å²) in [4.78, 5) is 4.42. The molecule has 0 bridgehead atoms. The van der Waals surface area contributed by atoms with Crippen LogP contribution in [0.1, 0.15) is 37.5 Å². The summed E-state index contributed by atoms with van der Waals surface area (Å²) in [6.07, 6.45) is 3.61. The maximum atomic E-state index is 9.97. The molecular formula is C14H16N2O2. The summed E-state index contributed by atoms with van der Waals surface area (Å²) in [6.45, 7) is 0. The second kappa shape index (κ2) is 4.90. The topological polar surface area (TPSA) is 59.2 Å². The number of hydrogen-bond donors (Lipinski definition) is 1. The second-order valence-electron chi connectivity index (χ2n) is 4.78. The van der Waals surface area contributed by atoms with Crippen LogP contribution >= 0.6 is 0 Å². The van der Waals surface area contributed by atoms with Crippen LogP contribution < -0.4 is 0 Å². The van der Waals surface area contributed by atoms with E-state index in [0.717, 1.165) is 31.2 Å². The normalized spacial score (nSPS) is 24.1. The maximum absolute atomic E-state index is 9.97. The SMILES string of the molecule is OC1CCCCC1c1nc(-c2ccccc2)no1. The van der Waals surface area contributed by atoms with Crippen LogP contribution in [0.2, 0.25) is 0 Å². The molecular weight excluding hydrogens is 228 g/mol. The lowest BCUT2D eigenvalue weighted by Crippen LogP contribution is -2.22. The van der Waals surface area contributed by atoms with Crippen LogP contribution in [0, 0.1) is 0 Å². The highest BCUT2D eigenvalue weighted by atomic mass is 16.5. The van der Waals surface area contributed by atoms with Crippen molar-refractivity contribution in [3.63, 3.8) is 0 Å². The van der Waals surface area contributed by atoms with Crippen LogP contribution in [-0.4, -0.2) is 21.4 Å². The fourth-order valence-electron chi connectivity index (χ4n) is 2.49. The average molecular weight is 244 g/mol. The lowest BCUT2D eigenvalue weighted by molar-refractivity contribution is 0.0908. The first kappa shape index (κ1) is 11.4. The second-order valence-corrected chi connectivity index (χ2v) is 4.78. The molecule has 2 unspecified atom stereocenters. The van der Waals surface area contributed by atoms with Gasteiger partial charge in [0.25, 0.3) is 0 Å². The minimum atomic E-state index is -0.345. The van der Waals surface area contributed by atoms with E-state index in [2.05, 4.69) is 10.1 Å². The fraction of sp³-hybridized carbons (Fsp3) is 0.429. The van der Waals surface area contributed by atoms with Crippen molar-refractivity contribution in [3.8, 4) is 11.4 Å². The number of nitrogens with zero attached hydrogens (tertiary/aromatic N) is 2. The van der Waals surface area contributed by atoms with Gasteiger partial charge in [-0.2, -0.15) is 4.98 Å². The molecule has 2 aromatic rings. The van der Waals surface area contributed by atoms with Crippen molar-refractivity contribution in [2.45, 2.75) is 37.7 Å². The molecule has 1 aromatic heterocycles. The Bertz CT molecular complexity index is 510. The lowest BCUT2D eigenvalue weighted by Gasteiger charge is -2.24. The van der Waals surface area contributed by atoms with Crippen molar-refractivity contribution in [2.24, 2.45) is 0 Å². The minimum absolute atomic E-state index is 0.00344. The standard InChI is InChI=1S/C14H16N2O2/c17-12-9-5-4-8-11(12)14-15-13(16-18-14)10-6-2-1-3-7-10/h1-3,6-7,11-12,17H,4-5,8-9H2. The van der Waals surface area contributed by atoms with Gasteiger partial charge in [0, 0.05) is 5.56 Å². The number of rotatable bonds is 2. The van der Waals surface area contributed by atoms with Crippen LogP contribution in [0.25, 0.3) is 11.4 Å². The summed E-state index contributed by atoms with van der Waals surface area (Å²) in [5.74, 6) is 1.17. The van der Waals surface area contributed by atoms with Crippen LogP contribution in [0.5, 0.6) is 0 Å². The molecule has 94 valence electrons. The fourth-order valence-corrected chi connectivity index (χ4v) is 2.49. The van der Waals surface area contributed by atoms with Gasteiger partial charge in [-0.3, -0.25) is 0 Å². The Morgan fingerprint density at radius 1 is 1.11 bits per heavy atom. The molecule has 18 heavy (non-hydrogen) atoms. The van der Waals surface area contributed by atoms with Gasteiger partial charge in [0.05, 0.1) is 12.0 Å². The Labute approximate surface area is 106 Å². The highest BCUT2D eigenvalue weighted by molar-refractivity contribution is 5.53. The molecule has 0 aliphatic heterocycles. The van der Waals surface area contributed by atoms with Gasteiger partial charge in [0.1, 0.15) is 0 Å². The Balaban J connectivity index is 1.85. The molecule has 2 atom stereocenters. The molecule has 4 heteroatoms. The monoisotopic (exact) mass is 244 g/mol. The minimum Gasteiger partial charge on any atom is -0.392 e. The van der Waals surface area contributed by atoms with Crippen LogP contribution in [0.15, 0.2) is 34.9 Å². The van der Waals surface area contributed by atoms with Crippen LogP contribution in [0.4, 0.5) is 0 Å². The molecule has 4 nitrogen and oxygen atoms in total. The van der Waals surface area contributed by atoms with Crippen molar-refractivity contribution in [3.05, 3.63) is 36.2 Å². The number of hydrogen-bond acceptors (Lipinski definition) is 4. The summed E-state index contributed by atoms with van der Waals surface area (Å²) < 4.78 is 5.31. The van der Waals surface area contributed by atoms with Crippen molar-refractivity contribution < 1.29 is 9.63 Å². The molecule has 1 aliphatic carbocycles. The van der Waals surface area contributed by atoms with Gasteiger partial charge in [0.15, 0.2) is 0 Å². The third kappa shape index (κ3) is 2.16. The van der Waals surface area contributed by atoms with E-state index in [9.17, 15) is 5.11 Å². The third-order valence-electron chi connectivity index (χ3n) is 3.52. The first-order valence-electron chi connectivity index (χ1n) is 6.41. The molecule has 1 aliphatic rings. The van der Waals surface area contributed by atoms with Crippen molar-refractivity contribution in [1.82, 2.24) is 10.1 Å². The largest absolute Gasteiger partial charge is 0.392 e. The van der Waals surface area contributed by atoms with Gasteiger partial charge < -0.3 is 9.63 Å². The van der Waals surface area contributed by atoms with Crippen LogP contribution in [-0.2, 0) is 0 Å². The summed E-state index contributed by atoms with van der Waals surface area (Å²) in [6, 6.07) is 9.74. The van der Waals surface area contributed by atoms with Gasteiger partial charge >= 0.3 is 0 Å². The first-order valence-corrected chi connectivity index (χ1v) is 6.41. The Kier molecular flexibility index (Phi) is 3.11. The van der Waals surface area contributed by atoms with E-state index in [-0.39, 0.29) is 12.0 Å².